The first-order valence-electron chi connectivity index (χ1n) is 6.96. The van der Waals surface area contributed by atoms with Crippen molar-refractivity contribution in [3.8, 4) is 0 Å². The van der Waals surface area contributed by atoms with E-state index in [2.05, 4.69) is 20.4 Å². The fraction of sp³-hybridized carbons (Fsp3) is 0.188. The minimum Gasteiger partial charge on any atom is -0.360 e. The molecule has 0 spiro atoms. The topological polar surface area (TPSA) is 67.1 Å². The van der Waals surface area contributed by atoms with E-state index in [0.717, 1.165) is 17.3 Å². The van der Waals surface area contributed by atoms with Crippen molar-refractivity contribution in [1.82, 2.24) is 15.1 Å². The average Bonchev–Trinajstić information content (AvgIpc) is 2.92. The highest BCUT2D eigenvalue weighted by atomic mass is 16.5. The molecule has 0 amide bonds. The molecule has 1 N–H and O–H groups in total. The van der Waals surface area contributed by atoms with Crippen molar-refractivity contribution in [2.45, 2.75) is 13.8 Å². The molecule has 0 saturated heterocycles. The number of aromatic nitrogens is 3. The maximum atomic E-state index is 5.05. The van der Waals surface area contributed by atoms with Gasteiger partial charge in [0.15, 0.2) is 5.82 Å². The van der Waals surface area contributed by atoms with Crippen molar-refractivity contribution >= 4 is 23.1 Å². The summed E-state index contributed by atoms with van der Waals surface area (Å²) in [6.45, 7) is 3.71. The summed E-state index contributed by atoms with van der Waals surface area (Å²) in [4.78, 5) is 10.9. The molecule has 0 aliphatic carbocycles. The summed E-state index contributed by atoms with van der Waals surface area (Å²) >= 11 is 0. The van der Waals surface area contributed by atoms with E-state index in [1.54, 1.807) is 0 Å². The third kappa shape index (κ3) is 3.06. The van der Waals surface area contributed by atoms with Gasteiger partial charge < -0.3 is 14.7 Å². The number of hydrogen-bond acceptors (Lipinski definition) is 6. The fourth-order valence-corrected chi connectivity index (χ4v) is 2.13. The lowest BCUT2D eigenvalue weighted by Crippen LogP contribution is -2.12. The normalized spacial score (nSPS) is 10.5. The monoisotopic (exact) mass is 295 g/mol. The number of nitrogens with one attached hydrogen (secondary N) is 1. The highest BCUT2D eigenvalue weighted by Crippen LogP contribution is 2.24. The lowest BCUT2D eigenvalue weighted by atomic mass is 10.3. The van der Waals surface area contributed by atoms with Gasteiger partial charge in [-0.25, -0.2) is 9.97 Å². The Bertz CT molecular complexity index is 769. The van der Waals surface area contributed by atoms with E-state index in [0.29, 0.717) is 17.5 Å². The largest absolute Gasteiger partial charge is 0.360 e. The Kier molecular flexibility index (Phi) is 3.74. The number of rotatable bonds is 4. The fourth-order valence-electron chi connectivity index (χ4n) is 2.13. The zero-order valence-electron chi connectivity index (χ0n) is 12.7. The molecule has 3 rings (SSSR count). The van der Waals surface area contributed by atoms with Gasteiger partial charge in [0.2, 0.25) is 0 Å². The van der Waals surface area contributed by atoms with Gasteiger partial charge in [0, 0.05) is 24.9 Å². The van der Waals surface area contributed by atoms with Gasteiger partial charge >= 0.3 is 0 Å². The van der Waals surface area contributed by atoms with Gasteiger partial charge in [0.25, 0.3) is 0 Å². The number of para-hydroxylation sites is 1. The van der Waals surface area contributed by atoms with Crippen LogP contribution in [0.15, 0.2) is 47.0 Å². The minimum absolute atomic E-state index is 0.629. The van der Waals surface area contributed by atoms with Crippen LogP contribution >= 0.6 is 0 Å². The molecule has 0 aliphatic heterocycles. The van der Waals surface area contributed by atoms with Crippen molar-refractivity contribution < 1.29 is 4.52 Å². The van der Waals surface area contributed by atoms with E-state index in [1.807, 2.05) is 68.3 Å². The second-order valence-corrected chi connectivity index (χ2v) is 5.00. The number of aryl methyl sites for hydroxylation is 2. The Morgan fingerprint density at radius 3 is 2.45 bits per heavy atom. The van der Waals surface area contributed by atoms with Crippen LogP contribution in [0.5, 0.6) is 0 Å². The molecule has 0 unspecified atom stereocenters. The Morgan fingerprint density at radius 2 is 1.77 bits per heavy atom. The lowest BCUT2D eigenvalue weighted by Gasteiger charge is -2.19. The first-order chi connectivity index (χ1) is 10.6. The molecular weight excluding hydrogens is 278 g/mol. The molecular formula is C16H17N5O. The summed E-state index contributed by atoms with van der Waals surface area (Å²) in [5.74, 6) is 3.54. The van der Waals surface area contributed by atoms with E-state index in [-0.39, 0.29) is 0 Å². The van der Waals surface area contributed by atoms with Crippen molar-refractivity contribution in [1.29, 1.82) is 0 Å². The molecule has 0 bridgehead atoms. The third-order valence-corrected chi connectivity index (χ3v) is 3.20. The number of hydrogen-bond donors (Lipinski definition) is 1. The second kappa shape index (κ2) is 5.85. The summed E-state index contributed by atoms with van der Waals surface area (Å²) < 4.78 is 5.05. The zero-order valence-corrected chi connectivity index (χ0v) is 12.7. The van der Waals surface area contributed by atoms with Crippen molar-refractivity contribution in [2.24, 2.45) is 0 Å². The Labute approximate surface area is 128 Å². The highest BCUT2D eigenvalue weighted by Gasteiger charge is 2.09. The van der Waals surface area contributed by atoms with E-state index >= 15 is 0 Å². The van der Waals surface area contributed by atoms with E-state index in [9.17, 15) is 0 Å². The molecule has 2 heterocycles. The predicted octanol–water partition coefficient (Wildman–Crippen LogP) is 3.59. The summed E-state index contributed by atoms with van der Waals surface area (Å²) in [6.07, 6.45) is 0. The summed E-state index contributed by atoms with van der Waals surface area (Å²) in [6, 6.07) is 13.7. The second-order valence-electron chi connectivity index (χ2n) is 5.00. The molecule has 0 atom stereocenters. The van der Waals surface area contributed by atoms with Gasteiger partial charge in [-0.05, 0) is 26.0 Å². The van der Waals surface area contributed by atoms with Gasteiger partial charge in [-0.3, -0.25) is 0 Å². The molecule has 2 aromatic heterocycles. The van der Waals surface area contributed by atoms with Gasteiger partial charge in [-0.15, -0.1) is 0 Å². The van der Waals surface area contributed by atoms with Crippen LogP contribution in [-0.4, -0.2) is 22.2 Å². The van der Waals surface area contributed by atoms with Crippen LogP contribution in [0.3, 0.4) is 0 Å². The maximum Gasteiger partial charge on any atom is 0.175 e. The molecule has 0 aliphatic rings. The van der Waals surface area contributed by atoms with Gasteiger partial charge in [0.05, 0.1) is 0 Å². The Morgan fingerprint density at radius 1 is 1.00 bits per heavy atom. The molecule has 0 saturated carbocycles. The van der Waals surface area contributed by atoms with E-state index < -0.39 is 0 Å². The summed E-state index contributed by atoms with van der Waals surface area (Å²) in [7, 11) is 1.97. The molecule has 0 radical (unpaired) electrons. The number of benzene rings is 1. The van der Waals surface area contributed by atoms with Crippen LogP contribution in [-0.2, 0) is 0 Å². The van der Waals surface area contributed by atoms with Crippen molar-refractivity contribution in [2.75, 3.05) is 17.3 Å². The molecule has 22 heavy (non-hydrogen) atoms. The van der Waals surface area contributed by atoms with Crippen molar-refractivity contribution in [3.63, 3.8) is 0 Å². The summed E-state index contributed by atoms with van der Waals surface area (Å²) in [5.41, 5.74) is 1.06. The van der Waals surface area contributed by atoms with Gasteiger partial charge in [-0.1, -0.05) is 23.4 Å². The predicted molar refractivity (Wildman–Crippen MR) is 85.8 cm³/mol. The van der Waals surface area contributed by atoms with E-state index in [1.165, 1.54) is 0 Å². The molecule has 112 valence electrons. The molecule has 6 heteroatoms. The van der Waals surface area contributed by atoms with Crippen molar-refractivity contribution in [3.05, 3.63) is 54.0 Å². The SMILES string of the molecule is Cc1nc(Nc2cc(C)on2)cc(N(C)c2ccccc2)n1. The van der Waals surface area contributed by atoms with Crippen LogP contribution in [0.1, 0.15) is 11.6 Å². The van der Waals surface area contributed by atoms with E-state index in [4.69, 9.17) is 4.52 Å². The smallest absolute Gasteiger partial charge is 0.175 e. The standard InChI is InChI=1S/C16H17N5O/c1-11-9-15(20-22-11)19-14-10-16(18-12(2)17-14)21(3)13-7-5-4-6-8-13/h4-10H,1-3H3,(H,17,18,19,20). The average molecular weight is 295 g/mol. The van der Waals surface area contributed by atoms with Crippen LogP contribution in [0.4, 0.5) is 23.1 Å². The Hall–Kier alpha value is -2.89. The molecule has 6 nitrogen and oxygen atoms in total. The minimum atomic E-state index is 0.629. The van der Waals surface area contributed by atoms with Crippen LogP contribution in [0.2, 0.25) is 0 Å². The number of anilines is 4. The Balaban J connectivity index is 1.89. The molecule has 3 aromatic rings. The third-order valence-electron chi connectivity index (χ3n) is 3.20. The first kappa shape index (κ1) is 14.1. The quantitative estimate of drug-likeness (QED) is 0.793. The van der Waals surface area contributed by atoms with Crippen LogP contribution in [0, 0.1) is 13.8 Å². The lowest BCUT2D eigenvalue weighted by molar-refractivity contribution is 0.400. The summed E-state index contributed by atoms with van der Waals surface area (Å²) in [5, 5.41) is 7.04. The molecule has 0 fully saturated rings. The number of nitrogens with zero attached hydrogens (tertiary/aromatic N) is 4. The zero-order chi connectivity index (χ0) is 15.5. The van der Waals surface area contributed by atoms with Crippen LogP contribution in [0.25, 0.3) is 0 Å². The first-order valence-corrected chi connectivity index (χ1v) is 6.96. The van der Waals surface area contributed by atoms with Gasteiger partial charge in [0.1, 0.15) is 23.2 Å². The van der Waals surface area contributed by atoms with Gasteiger partial charge in [-0.2, -0.15) is 0 Å². The maximum absolute atomic E-state index is 5.05. The van der Waals surface area contributed by atoms with Crippen LogP contribution < -0.4 is 10.2 Å². The highest BCUT2D eigenvalue weighted by molar-refractivity contribution is 5.63. The molecule has 1 aromatic carbocycles.